The van der Waals surface area contributed by atoms with E-state index >= 15 is 0 Å². The maximum atomic E-state index is 11.6. The molecule has 0 aromatic heterocycles. The minimum atomic E-state index is -0.449. The van der Waals surface area contributed by atoms with Gasteiger partial charge in [-0.05, 0) is 31.5 Å². The van der Waals surface area contributed by atoms with Crippen LogP contribution in [-0.2, 0) is 11.2 Å². The van der Waals surface area contributed by atoms with Gasteiger partial charge in [-0.15, -0.1) is 0 Å². The Morgan fingerprint density at radius 2 is 2.14 bits per heavy atom. The van der Waals surface area contributed by atoms with Gasteiger partial charge < -0.3 is 4.74 Å². The highest BCUT2D eigenvalue weighted by Crippen LogP contribution is 2.31. The molecule has 2 rings (SSSR count). The van der Waals surface area contributed by atoms with Crippen molar-refractivity contribution in [2.24, 2.45) is 0 Å². The van der Waals surface area contributed by atoms with Crippen LogP contribution in [0.1, 0.15) is 29.8 Å². The molecule has 3 heteroatoms. The highest BCUT2D eigenvalue weighted by atomic mass is 35.5. The molecule has 0 unspecified atom stereocenters. The summed E-state index contributed by atoms with van der Waals surface area (Å²) in [6, 6.07) is 5.31. The molecule has 0 amide bonds. The average Bonchev–Trinajstić information content (AvgIpc) is 2.05. The first kappa shape index (κ1) is 9.53. The average molecular weight is 211 g/mol. The number of fused-ring (bicyclic) bond motifs is 1. The third-order valence-corrected chi connectivity index (χ3v) is 2.66. The van der Waals surface area contributed by atoms with E-state index < -0.39 is 5.60 Å². The van der Waals surface area contributed by atoms with Crippen LogP contribution in [0.15, 0.2) is 18.2 Å². The first-order chi connectivity index (χ1) is 6.49. The number of rotatable bonds is 0. The zero-order valence-corrected chi connectivity index (χ0v) is 8.89. The fourth-order valence-corrected chi connectivity index (χ4v) is 1.94. The molecule has 0 spiro atoms. The highest BCUT2D eigenvalue weighted by Gasteiger charge is 2.33. The predicted octanol–water partition coefficient (Wildman–Crippen LogP) is 2.83. The molecule has 0 aliphatic carbocycles. The maximum absolute atomic E-state index is 11.6. The van der Waals surface area contributed by atoms with Gasteiger partial charge in [-0.1, -0.05) is 17.7 Å². The number of benzene rings is 1. The van der Waals surface area contributed by atoms with Gasteiger partial charge in [0, 0.05) is 11.4 Å². The first-order valence-electron chi connectivity index (χ1n) is 4.50. The summed E-state index contributed by atoms with van der Waals surface area (Å²) >= 11 is 6.03. The molecule has 0 atom stereocenters. The zero-order chi connectivity index (χ0) is 10.3. The van der Waals surface area contributed by atoms with Crippen LogP contribution in [0.2, 0.25) is 5.02 Å². The van der Waals surface area contributed by atoms with Gasteiger partial charge >= 0.3 is 5.97 Å². The van der Waals surface area contributed by atoms with E-state index in [0.717, 1.165) is 5.56 Å². The molecule has 1 aliphatic heterocycles. The predicted molar refractivity (Wildman–Crippen MR) is 54.7 cm³/mol. The van der Waals surface area contributed by atoms with Crippen LogP contribution in [0.4, 0.5) is 0 Å². The molecular formula is C11H11ClO2. The summed E-state index contributed by atoms with van der Waals surface area (Å²) in [6.45, 7) is 3.77. The van der Waals surface area contributed by atoms with Crippen molar-refractivity contribution in [2.75, 3.05) is 0 Å². The number of carbonyl (C=O) groups is 1. The summed E-state index contributed by atoms with van der Waals surface area (Å²) in [6.07, 6.45) is 0.674. The Hall–Kier alpha value is -1.02. The molecule has 0 fully saturated rings. The van der Waals surface area contributed by atoms with Gasteiger partial charge in [0.2, 0.25) is 0 Å². The van der Waals surface area contributed by atoms with Crippen LogP contribution >= 0.6 is 11.6 Å². The van der Waals surface area contributed by atoms with Crippen molar-refractivity contribution in [3.8, 4) is 0 Å². The first-order valence-corrected chi connectivity index (χ1v) is 4.88. The van der Waals surface area contributed by atoms with Crippen LogP contribution in [-0.4, -0.2) is 11.6 Å². The molecule has 0 radical (unpaired) electrons. The minimum absolute atomic E-state index is 0.279. The second kappa shape index (κ2) is 2.99. The summed E-state index contributed by atoms with van der Waals surface area (Å²) in [5.74, 6) is -0.279. The number of carbonyl (C=O) groups excluding carboxylic acids is 1. The van der Waals surface area contributed by atoms with Crippen LogP contribution in [0.5, 0.6) is 0 Å². The molecule has 0 saturated carbocycles. The Kier molecular flexibility index (Phi) is 2.04. The minimum Gasteiger partial charge on any atom is -0.456 e. The van der Waals surface area contributed by atoms with E-state index in [0.29, 0.717) is 17.0 Å². The lowest BCUT2D eigenvalue weighted by Crippen LogP contribution is -2.36. The number of ether oxygens (including phenoxy) is 1. The molecule has 0 bridgehead atoms. The smallest absolute Gasteiger partial charge is 0.339 e. The standard InChI is InChI=1S/C11H11ClO2/c1-11(2)6-8-7(10(13)14-11)4-3-5-9(8)12/h3-5H,6H2,1-2H3. The Morgan fingerprint density at radius 3 is 2.86 bits per heavy atom. The Bertz CT molecular complexity index is 396. The molecular weight excluding hydrogens is 200 g/mol. The van der Waals surface area contributed by atoms with Crippen LogP contribution < -0.4 is 0 Å². The van der Waals surface area contributed by atoms with E-state index in [1.165, 1.54) is 0 Å². The second-order valence-corrected chi connectivity index (χ2v) is 4.50. The van der Waals surface area contributed by atoms with E-state index in [1.807, 2.05) is 13.8 Å². The quantitative estimate of drug-likeness (QED) is 0.616. The topological polar surface area (TPSA) is 26.3 Å². The molecule has 1 aliphatic rings. The molecule has 0 N–H and O–H groups in total. The third kappa shape index (κ3) is 1.50. The van der Waals surface area contributed by atoms with Crippen LogP contribution in [0.3, 0.4) is 0 Å². The number of esters is 1. The van der Waals surface area contributed by atoms with Crippen molar-refractivity contribution in [3.63, 3.8) is 0 Å². The lowest BCUT2D eigenvalue weighted by atomic mass is 9.91. The molecule has 1 aromatic rings. The Labute approximate surface area is 87.8 Å². The largest absolute Gasteiger partial charge is 0.456 e. The van der Waals surface area contributed by atoms with Crippen molar-refractivity contribution in [3.05, 3.63) is 34.3 Å². The van der Waals surface area contributed by atoms with Gasteiger partial charge in [0.25, 0.3) is 0 Å². The zero-order valence-electron chi connectivity index (χ0n) is 8.13. The van der Waals surface area contributed by atoms with Gasteiger partial charge in [-0.25, -0.2) is 4.79 Å². The van der Waals surface area contributed by atoms with Crippen LogP contribution in [0.25, 0.3) is 0 Å². The fraction of sp³-hybridized carbons (Fsp3) is 0.364. The van der Waals surface area contributed by atoms with Crippen molar-refractivity contribution in [1.82, 2.24) is 0 Å². The van der Waals surface area contributed by atoms with E-state index in [2.05, 4.69) is 0 Å². The lowest BCUT2D eigenvalue weighted by Gasteiger charge is -2.31. The van der Waals surface area contributed by atoms with E-state index in [1.54, 1.807) is 18.2 Å². The summed E-state index contributed by atoms with van der Waals surface area (Å²) in [5.41, 5.74) is 1.04. The van der Waals surface area contributed by atoms with Gasteiger partial charge in [-0.2, -0.15) is 0 Å². The molecule has 1 heterocycles. The highest BCUT2D eigenvalue weighted by molar-refractivity contribution is 6.31. The molecule has 1 aromatic carbocycles. The number of hydrogen-bond acceptors (Lipinski definition) is 2. The number of halogens is 1. The summed E-state index contributed by atoms with van der Waals surface area (Å²) in [5, 5.41) is 0.646. The normalized spacial score (nSPS) is 18.6. The Balaban J connectivity index is 2.56. The van der Waals surface area contributed by atoms with Crippen LogP contribution in [0, 0.1) is 0 Å². The molecule has 14 heavy (non-hydrogen) atoms. The monoisotopic (exact) mass is 210 g/mol. The van der Waals surface area contributed by atoms with Crippen molar-refractivity contribution in [2.45, 2.75) is 25.9 Å². The Morgan fingerprint density at radius 1 is 1.43 bits per heavy atom. The molecule has 2 nitrogen and oxygen atoms in total. The van der Waals surface area contributed by atoms with Gasteiger partial charge in [0.15, 0.2) is 0 Å². The van der Waals surface area contributed by atoms with Gasteiger partial charge in [0.1, 0.15) is 5.60 Å². The van der Waals surface area contributed by atoms with Crippen molar-refractivity contribution >= 4 is 17.6 Å². The molecule has 0 saturated heterocycles. The van der Waals surface area contributed by atoms with Crippen molar-refractivity contribution in [1.29, 1.82) is 0 Å². The SMILES string of the molecule is CC1(C)Cc2c(Cl)cccc2C(=O)O1. The van der Waals surface area contributed by atoms with E-state index in [-0.39, 0.29) is 5.97 Å². The summed E-state index contributed by atoms with van der Waals surface area (Å²) < 4.78 is 5.26. The maximum Gasteiger partial charge on any atom is 0.339 e. The van der Waals surface area contributed by atoms with E-state index in [9.17, 15) is 4.79 Å². The van der Waals surface area contributed by atoms with Gasteiger partial charge in [0.05, 0.1) is 5.56 Å². The lowest BCUT2D eigenvalue weighted by molar-refractivity contribution is -0.00646. The summed E-state index contributed by atoms with van der Waals surface area (Å²) in [7, 11) is 0. The molecule has 74 valence electrons. The van der Waals surface area contributed by atoms with Gasteiger partial charge in [-0.3, -0.25) is 0 Å². The van der Waals surface area contributed by atoms with Crippen molar-refractivity contribution < 1.29 is 9.53 Å². The number of hydrogen-bond donors (Lipinski definition) is 0. The van der Waals surface area contributed by atoms with E-state index in [4.69, 9.17) is 16.3 Å². The fourth-order valence-electron chi connectivity index (χ4n) is 1.70. The number of cyclic esters (lactones) is 1. The summed E-state index contributed by atoms with van der Waals surface area (Å²) in [4.78, 5) is 11.6. The second-order valence-electron chi connectivity index (χ2n) is 4.09. The third-order valence-electron chi connectivity index (χ3n) is 2.31.